The van der Waals surface area contributed by atoms with Crippen LogP contribution in [0, 0.1) is 0 Å². The first-order valence-electron chi connectivity index (χ1n) is 5.44. The van der Waals surface area contributed by atoms with E-state index in [9.17, 15) is 8.78 Å². The summed E-state index contributed by atoms with van der Waals surface area (Å²) in [5.74, 6) is -1.72. The molecule has 88 valence electrons. The summed E-state index contributed by atoms with van der Waals surface area (Å²) >= 11 is 0. The van der Waals surface area contributed by atoms with Gasteiger partial charge in [0.1, 0.15) is 12.4 Å². The molecule has 0 aliphatic carbocycles. The van der Waals surface area contributed by atoms with Gasteiger partial charge < -0.3 is 4.74 Å². The van der Waals surface area contributed by atoms with Gasteiger partial charge in [-0.15, -0.1) is 0 Å². The molecule has 0 aromatic heterocycles. The molecule has 0 N–H and O–H groups in total. The predicted molar refractivity (Wildman–Crippen MR) is 57.9 cm³/mol. The quantitative estimate of drug-likeness (QED) is 0.783. The number of halogens is 2. The molecule has 1 aliphatic heterocycles. The first kappa shape index (κ1) is 11.3. The van der Waals surface area contributed by atoms with Crippen LogP contribution in [0.2, 0.25) is 0 Å². The lowest BCUT2D eigenvalue weighted by atomic mass is 10.3. The van der Waals surface area contributed by atoms with Crippen LogP contribution in [0.15, 0.2) is 30.3 Å². The van der Waals surface area contributed by atoms with Gasteiger partial charge in [-0.25, -0.2) is 8.78 Å². The van der Waals surface area contributed by atoms with E-state index in [1.54, 1.807) is 4.90 Å². The van der Waals surface area contributed by atoms with Crippen LogP contribution in [0.25, 0.3) is 0 Å². The zero-order valence-electron chi connectivity index (χ0n) is 9.03. The van der Waals surface area contributed by atoms with Crippen LogP contribution in [-0.2, 0) is 0 Å². The van der Waals surface area contributed by atoms with Gasteiger partial charge in [-0.2, -0.15) is 0 Å². The molecule has 0 atom stereocenters. The fourth-order valence-corrected chi connectivity index (χ4v) is 1.81. The SMILES string of the molecule is FC1(F)CCN(CCOc2ccccc2)C1. The molecule has 2 rings (SSSR count). The van der Waals surface area contributed by atoms with Crippen LogP contribution in [-0.4, -0.2) is 37.1 Å². The summed E-state index contributed by atoms with van der Waals surface area (Å²) in [7, 11) is 0. The molecule has 1 fully saturated rings. The highest BCUT2D eigenvalue weighted by Crippen LogP contribution is 2.26. The van der Waals surface area contributed by atoms with Crippen molar-refractivity contribution in [3.05, 3.63) is 30.3 Å². The van der Waals surface area contributed by atoms with Gasteiger partial charge in [0.05, 0.1) is 6.54 Å². The maximum absolute atomic E-state index is 12.9. The van der Waals surface area contributed by atoms with Gasteiger partial charge in [-0.3, -0.25) is 4.90 Å². The molecule has 1 aliphatic rings. The van der Waals surface area contributed by atoms with E-state index >= 15 is 0 Å². The van der Waals surface area contributed by atoms with E-state index in [1.165, 1.54) is 0 Å². The van der Waals surface area contributed by atoms with Gasteiger partial charge in [0, 0.05) is 19.5 Å². The number of hydrogen-bond acceptors (Lipinski definition) is 2. The number of benzene rings is 1. The molecule has 4 heteroatoms. The summed E-state index contributed by atoms with van der Waals surface area (Å²) in [6.07, 6.45) is -0.0294. The zero-order valence-corrected chi connectivity index (χ0v) is 9.03. The Morgan fingerprint density at radius 1 is 1.25 bits per heavy atom. The molecule has 0 bridgehead atoms. The maximum atomic E-state index is 12.9. The standard InChI is InChI=1S/C12H15F2NO/c13-12(14)6-7-15(10-12)8-9-16-11-4-2-1-3-5-11/h1-5H,6-10H2. The molecule has 1 heterocycles. The minimum Gasteiger partial charge on any atom is -0.492 e. The second-order valence-corrected chi connectivity index (χ2v) is 4.04. The molecule has 0 saturated carbocycles. The summed E-state index contributed by atoms with van der Waals surface area (Å²) in [6.45, 7) is 1.35. The third kappa shape index (κ3) is 3.17. The lowest BCUT2D eigenvalue weighted by molar-refractivity contribution is 0.0113. The molecular weight excluding hydrogens is 212 g/mol. The predicted octanol–water partition coefficient (Wildman–Crippen LogP) is 2.41. The highest BCUT2D eigenvalue weighted by molar-refractivity contribution is 5.20. The van der Waals surface area contributed by atoms with Gasteiger partial charge in [0.15, 0.2) is 0 Å². The first-order valence-corrected chi connectivity index (χ1v) is 5.44. The number of nitrogens with zero attached hydrogens (tertiary/aromatic N) is 1. The first-order chi connectivity index (χ1) is 7.66. The smallest absolute Gasteiger partial charge is 0.261 e. The lowest BCUT2D eigenvalue weighted by Crippen LogP contribution is -2.29. The molecule has 0 unspecified atom stereocenters. The Hall–Kier alpha value is -1.16. The zero-order chi connectivity index (χ0) is 11.4. The molecule has 1 saturated heterocycles. The average molecular weight is 227 g/mol. The normalized spacial score (nSPS) is 19.9. The summed E-state index contributed by atoms with van der Waals surface area (Å²) in [5.41, 5.74) is 0. The molecule has 0 amide bonds. The summed E-state index contributed by atoms with van der Waals surface area (Å²) in [6, 6.07) is 9.41. The van der Waals surface area contributed by atoms with Crippen molar-refractivity contribution < 1.29 is 13.5 Å². The topological polar surface area (TPSA) is 12.5 Å². The van der Waals surface area contributed by atoms with Crippen molar-refractivity contribution in [3.63, 3.8) is 0 Å². The fourth-order valence-electron chi connectivity index (χ4n) is 1.81. The van der Waals surface area contributed by atoms with Crippen LogP contribution in [0.4, 0.5) is 8.78 Å². The maximum Gasteiger partial charge on any atom is 0.261 e. The number of rotatable bonds is 4. The molecule has 2 nitrogen and oxygen atoms in total. The minimum absolute atomic E-state index is 0.0294. The number of hydrogen-bond donors (Lipinski definition) is 0. The van der Waals surface area contributed by atoms with E-state index in [4.69, 9.17) is 4.74 Å². The van der Waals surface area contributed by atoms with Gasteiger partial charge in [0.2, 0.25) is 0 Å². The minimum atomic E-state index is -2.51. The van der Waals surface area contributed by atoms with Crippen molar-refractivity contribution >= 4 is 0 Å². The average Bonchev–Trinajstić information content (AvgIpc) is 2.60. The Morgan fingerprint density at radius 2 is 2.00 bits per heavy atom. The van der Waals surface area contributed by atoms with Gasteiger partial charge in [-0.1, -0.05) is 18.2 Å². The van der Waals surface area contributed by atoms with Crippen LogP contribution in [0.1, 0.15) is 6.42 Å². The number of ether oxygens (including phenoxy) is 1. The number of alkyl halides is 2. The van der Waals surface area contributed by atoms with Crippen LogP contribution < -0.4 is 4.74 Å². The van der Waals surface area contributed by atoms with Crippen molar-refractivity contribution in [2.75, 3.05) is 26.2 Å². The third-order valence-corrected chi connectivity index (χ3v) is 2.67. The highest BCUT2D eigenvalue weighted by atomic mass is 19.3. The summed E-state index contributed by atoms with van der Waals surface area (Å²) in [5, 5.41) is 0. The molecule has 0 spiro atoms. The fraction of sp³-hybridized carbons (Fsp3) is 0.500. The number of para-hydroxylation sites is 1. The van der Waals surface area contributed by atoms with Crippen LogP contribution in [0.3, 0.4) is 0 Å². The van der Waals surface area contributed by atoms with Crippen molar-refractivity contribution in [1.82, 2.24) is 4.90 Å². The molecule has 0 radical (unpaired) electrons. The van der Waals surface area contributed by atoms with E-state index in [1.807, 2.05) is 30.3 Å². The Balaban J connectivity index is 1.70. The number of likely N-dealkylation sites (tertiary alicyclic amines) is 1. The van der Waals surface area contributed by atoms with Crippen molar-refractivity contribution in [1.29, 1.82) is 0 Å². The monoisotopic (exact) mass is 227 g/mol. The van der Waals surface area contributed by atoms with Crippen molar-refractivity contribution in [2.45, 2.75) is 12.3 Å². The Labute approximate surface area is 93.8 Å². The highest BCUT2D eigenvalue weighted by Gasteiger charge is 2.37. The van der Waals surface area contributed by atoms with Crippen molar-refractivity contribution in [3.8, 4) is 5.75 Å². The van der Waals surface area contributed by atoms with Gasteiger partial charge in [-0.05, 0) is 12.1 Å². The second kappa shape index (κ2) is 4.78. The van der Waals surface area contributed by atoms with Gasteiger partial charge in [0.25, 0.3) is 5.92 Å². The Bertz CT molecular complexity index is 329. The summed E-state index contributed by atoms with van der Waals surface area (Å²) < 4.78 is 31.2. The van der Waals surface area contributed by atoms with Crippen molar-refractivity contribution in [2.24, 2.45) is 0 Å². The molecule has 1 aromatic rings. The Kier molecular flexibility index (Phi) is 3.39. The third-order valence-electron chi connectivity index (χ3n) is 2.67. The lowest BCUT2D eigenvalue weighted by Gasteiger charge is -2.15. The van der Waals surface area contributed by atoms with Crippen LogP contribution in [0.5, 0.6) is 5.75 Å². The van der Waals surface area contributed by atoms with Gasteiger partial charge >= 0.3 is 0 Å². The summed E-state index contributed by atoms with van der Waals surface area (Å²) in [4.78, 5) is 1.74. The van der Waals surface area contributed by atoms with E-state index in [0.717, 1.165) is 5.75 Å². The molecule has 16 heavy (non-hydrogen) atoms. The van der Waals surface area contributed by atoms with E-state index in [0.29, 0.717) is 19.7 Å². The van der Waals surface area contributed by atoms with Crippen LogP contribution >= 0.6 is 0 Å². The van der Waals surface area contributed by atoms with E-state index in [2.05, 4.69) is 0 Å². The van der Waals surface area contributed by atoms with E-state index < -0.39 is 5.92 Å². The largest absolute Gasteiger partial charge is 0.492 e. The molecule has 1 aromatic carbocycles. The molecular formula is C12H15F2NO. The Morgan fingerprint density at radius 3 is 2.62 bits per heavy atom. The van der Waals surface area contributed by atoms with E-state index in [-0.39, 0.29) is 13.0 Å². The second-order valence-electron chi connectivity index (χ2n) is 4.04.